The van der Waals surface area contributed by atoms with Gasteiger partial charge in [0, 0.05) is 18.2 Å². The number of carbonyl (C=O) groups excluding carboxylic acids is 2. The summed E-state index contributed by atoms with van der Waals surface area (Å²) >= 11 is 0. The molecule has 3 aromatic carbocycles. The molecule has 0 spiro atoms. The topological polar surface area (TPSA) is 55.8 Å². The largest absolute Gasteiger partial charge is 0.489 e. The predicted octanol–water partition coefficient (Wildman–Crippen LogP) is 5.22. The van der Waals surface area contributed by atoms with E-state index in [0.717, 1.165) is 30.4 Å². The molecule has 1 saturated heterocycles. The van der Waals surface area contributed by atoms with Crippen molar-refractivity contribution in [2.24, 2.45) is 0 Å². The molecule has 1 heterocycles. The number of hydrogen-bond donors (Lipinski definition) is 0. The first-order valence-corrected chi connectivity index (χ1v) is 11.4. The van der Waals surface area contributed by atoms with Crippen LogP contribution in [0, 0.1) is 0 Å². The zero-order chi connectivity index (χ0) is 23.0. The first-order chi connectivity index (χ1) is 16.2. The van der Waals surface area contributed by atoms with Crippen molar-refractivity contribution in [3.05, 3.63) is 102 Å². The van der Waals surface area contributed by atoms with Gasteiger partial charge in [-0.25, -0.2) is 0 Å². The highest BCUT2D eigenvalue weighted by atomic mass is 16.5. The van der Waals surface area contributed by atoms with E-state index in [1.807, 2.05) is 77.7 Å². The Morgan fingerprint density at radius 1 is 0.909 bits per heavy atom. The Hall–Kier alpha value is -3.60. The molecule has 33 heavy (non-hydrogen) atoms. The van der Waals surface area contributed by atoms with E-state index in [1.54, 1.807) is 12.1 Å². The third kappa shape index (κ3) is 5.43. The summed E-state index contributed by atoms with van der Waals surface area (Å²) in [4.78, 5) is 28.1. The van der Waals surface area contributed by atoms with Gasteiger partial charge in [-0.15, -0.1) is 0 Å². The van der Waals surface area contributed by atoms with Crippen LogP contribution in [0.3, 0.4) is 0 Å². The highest BCUT2D eigenvalue weighted by Gasteiger charge is 2.38. The van der Waals surface area contributed by atoms with E-state index in [4.69, 9.17) is 9.47 Å². The van der Waals surface area contributed by atoms with Crippen LogP contribution in [-0.2, 0) is 16.1 Å². The lowest BCUT2D eigenvalue weighted by atomic mass is 9.84. The van der Waals surface area contributed by atoms with Crippen LogP contribution >= 0.6 is 0 Å². The summed E-state index contributed by atoms with van der Waals surface area (Å²) in [5.74, 6) is -0.175. The van der Waals surface area contributed by atoms with Crippen molar-refractivity contribution >= 4 is 11.9 Å². The van der Waals surface area contributed by atoms with E-state index in [0.29, 0.717) is 24.5 Å². The van der Waals surface area contributed by atoms with E-state index in [1.165, 1.54) is 7.11 Å². The number of likely N-dealkylation sites (tertiary alicyclic amines) is 1. The fraction of sp³-hybridized carbons (Fsp3) is 0.286. The van der Waals surface area contributed by atoms with Gasteiger partial charge in [0.2, 0.25) is 0 Å². The van der Waals surface area contributed by atoms with Crippen LogP contribution < -0.4 is 4.74 Å². The van der Waals surface area contributed by atoms with Gasteiger partial charge in [-0.3, -0.25) is 9.59 Å². The number of ether oxygens (including phenoxy) is 2. The highest BCUT2D eigenvalue weighted by molar-refractivity contribution is 5.95. The van der Waals surface area contributed by atoms with Gasteiger partial charge in [-0.2, -0.15) is 0 Å². The summed E-state index contributed by atoms with van der Waals surface area (Å²) in [7, 11) is 1.40. The molecule has 170 valence electrons. The second kappa shape index (κ2) is 10.8. The second-order valence-electron chi connectivity index (χ2n) is 8.27. The zero-order valence-corrected chi connectivity index (χ0v) is 18.9. The minimum absolute atomic E-state index is 0.0702. The Kier molecular flexibility index (Phi) is 7.40. The first-order valence-electron chi connectivity index (χ1n) is 11.4. The fourth-order valence-corrected chi connectivity index (χ4v) is 4.46. The van der Waals surface area contributed by atoms with Gasteiger partial charge in [0.15, 0.2) is 0 Å². The normalized spacial score (nSPS) is 16.6. The number of piperidine rings is 1. The number of esters is 1. The molecule has 0 aliphatic carbocycles. The van der Waals surface area contributed by atoms with Crippen LogP contribution in [-0.4, -0.2) is 36.5 Å². The number of benzene rings is 3. The molecule has 2 atom stereocenters. The minimum atomic E-state index is -0.506. The van der Waals surface area contributed by atoms with Crippen molar-refractivity contribution in [2.45, 2.75) is 37.8 Å². The van der Waals surface area contributed by atoms with E-state index in [2.05, 4.69) is 0 Å². The van der Waals surface area contributed by atoms with Gasteiger partial charge in [0.25, 0.3) is 5.91 Å². The van der Waals surface area contributed by atoms with Crippen molar-refractivity contribution in [1.82, 2.24) is 4.90 Å². The molecule has 0 bridgehead atoms. The molecule has 0 aromatic heterocycles. The van der Waals surface area contributed by atoms with Crippen molar-refractivity contribution in [2.75, 3.05) is 13.7 Å². The van der Waals surface area contributed by atoms with E-state index in [-0.39, 0.29) is 17.9 Å². The summed E-state index contributed by atoms with van der Waals surface area (Å²) < 4.78 is 11.0. The Morgan fingerprint density at radius 3 is 2.24 bits per heavy atom. The van der Waals surface area contributed by atoms with Gasteiger partial charge < -0.3 is 14.4 Å². The predicted molar refractivity (Wildman–Crippen MR) is 127 cm³/mol. The van der Waals surface area contributed by atoms with Gasteiger partial charge in [0.05, 0.1) is 7.11 Å². The average Bonchev–Trinajstić information content (AvgIpc) is 2.89. The standard InChI is InChI=1S/C28H29NO4/c1-32-28(31)26(22-12-6-3-7-13-22)25-14-8-9-19-29(25)27(30)23-15-17-24(18-16-23)33-20-21-10-4-2-5-11-21/h2-7,10-13,15-18,25-26H,8-9,14,19-20H2,1H3. The number of amides is 1. The van der Waals surface area contributed by atoms with Gasteiger partial charge in [-0.1, -0.05) is 60.7 Å². The Balaban J connectivity index is 1.51. The molecule has 1 aliphatic heterocycles. The Bertz CT molecular complexity index is 1050. The number of carbonyl (C=O) groups is 2. The monoisotopic (exact) mass is 443 g/mol. The van der Waals surface area contributed by atoms with Gasteiger partial charge in [-0.05, 0) is 54.7 Å². The summed E-state index contributed by atoms with van der Waals surface area (Å²) in [6.07, 6.45) is 2.66. The number of methoxy groups -OCH3 is 1. The molecule has 3 aromatic rings. The molecule has 5 heteroatoms. The van der Waals surface area contributed by atoms with Crippen molar-refractivity contribution < 1.29 is 19.1 Å². The van der Waals surface area contributed by atoms with Crippen LogP contribution in [0.15, 0.2) is 84.9 Å². The van der Waals surface area contributed by atoms with Crippen LogP contribution in [0.2, 0.25) is 0 Å². The Morgan fingerprint density at radius 2 is 1.58 bits per heavy atom. The van der Waals surface area contributed by atoms with Gasteiger partial charge >= 0.3 is 5.97 Å². The number of hydrogen-bond acceptors (Lipinski definition) is 4. The van der Waals surface area contributed by atoms with Crippen LogP contribution in [0.5, 0.6) is 5.75 Å². The quantitative estimate of drug-likeness (QED) is 0.470. The molecule has 0 N–H and O–H groups in total. The SMILES string of the molecule is COC(=O)C(c1ccccc1)C1CCCCN1C(=O)c1ccc(OCc2ccccc2)cc1. The van der Waals surface area contributed by atoms with Crippen LogP contribution in [0.1, 0.15) is 46.7 Å². The maximum absolute atomic E-state index is 13.5. The fourth-order valence-electron chi connectivity index (χ4n) is 4.46. The number of rotatable bonds is 7. The van der Waals surface area contributed by atoms with E-state index in [9.17, 15) is 9.59 Å². The van der Waals surface area contributed by atoms with Crippen molar-refractivity contribution in [1.29, 1.82) is 0 Å². The summed E-state index contributed by atoms with van der Waals surface area (Å²) in [6.45, 7) is 1.09. The molecular formula is C28H29NO4. The average molecular weight is 444 g/mol. The lowest BCUT2D eigenvalue weighted by Gasteiger charge is -2.39. The molecule has 4 rings (SSSR count). The molecule has 0 radical (unpaired) electrons. The lowest BCUT2D eigenvalue weighted by molar-refractivity contribution is -0.144. The molecule has 1 aliphatic rings. The maximum Gasteiger partial charge on any atom is 0.315 e. The lowest BCUT2D eigenvalue weighted by Crippen LogP contribution is -2.48. The second-order valence-corrected chi connectivity index (χ2v) is 8.27. The molecular weight excluding hydrogens is 414 g/mol. The Labute approximate surface area is 194 Å². The smallest absolute Gasteiger partial charge is 0.315 e. The summed E-state index contributed by atoms with van der Waals surface area (Å²) in [5, 5.41) is 0. The first kappa shape index (κ1) is 22.6. The third-order valence-electron chi connectivity index (χ3n) is 6.16. The number of nitrogens with zero attached hydrogens (tertiary/aromatic N) is 1. The third-order valence-corrected chi connectivity index (χ3v) is 6.16. The van der Waals surface area contributed by atoms with Crippen molar-refractivity contribution in [3.63, 3.8) is 0 Å². The van der Waals surface area contributed by atoms with E-state index >= 15 is 0 Å². The molecule has 1 fully saturated rings. The minimum Gasteiger partial charge on any atom is -0.489 e. The molecule has 5 nitrogen and oxygen atoms in total. The van der Waals surface area contributed by atoms with Crippen molar-refractivity contribution in [3.8, 4) is 5.75 Å². The van der Waals surface area contributed by atoms with Crippen LogP contribution in [0.25, 0.3) is 0 Å². The highest BCUT2D eigenvalue weighted by Crippen LogP contribution is 2.33. The summed E-state index contributed by atoms with van der Waals surface area (Å²) in [6, 6.07) is 26.6. The molecule has 1 amide bonds. The van der Waals surface area contributed by atoms with E-state index < -0.39 is 5.92 Å². The maximum atomic E-state index is 13.5. The molecule has 0 saturated carbocycles. The molecule has 2 unspecified atom stereocenters. The van der Waals surface area contributed by atoms with Crippen LogP contribution in [0.4, 0.5) is 0 Å². The van der Waals surface area contributed by atoms with Gasteiger partial charge in [0.1, 0.15) is 18.3 Å². The summed E-state index contributed by atoms with van der Waals surface area (Å²) in [5.41, 5.74) is 2.55. The zero-order valence-electron chi connectivity index (χ0n) is 18.9.